The maximum atomic E-state index is 12.5. The molecule has 8 nitrogen and oxygen atoms in total. The van der Waals surface area contributed by atoms with Crippen LogP contribution >= 0.6 is 0 Å². The van der Waals surface area contributed by atoms with Crippen molar-refractivity contribution < 1.29 is 23.9 Å². The molecule has 0 saturated carbocycles. The molecule has 0 atom stereocenters. The molecule has 2 fully saturated rings. The summed E-state index contributed by atoms with van der Waals surface area (Å²) in [6, 6.07) is 4.90. The Labute approximate surface area is 183 Å². The van der Waals surface area contributed by atoms with E-state index in [1.807, 2.05) is 16.7 Å². The van der Waals surface area contributed by atoms with Gasteiger partial charge in [-0.25, -0.2) is 0 Å². The molecule has 0 spiro atoms. The maximum Gasteiger partial charge on any atom is 0.260 e. The van der Waals surface area contributed by atoms with Crippen molar-refractivity contribution in [3.8, 4) is 11.5 Å². The van der Waals surface area contributed by atoms with Crippen LogP contribution in [0, 0.1) is 0 Å². The lowest BCUT2D eigenvalue weighted by atomic mass is 10.1. The molecule has 8 heteroatoms. The standard InChI is InChI=1S/C23H33N3O5/c1-2-30-20-16-18(23(29)24-11-10-21(27)25-14-6-7-15-25)8-9-19(20)31-17-22(28)26-12-4-3-5-13-26/h8-9,16H,2-7,10-15,17H2,1H3,(H,24,29). The molecule has 1 aromatic rings. The fourth-order valence-corrected chi connectivity index (χ4v) is 3.92. The minimum atomic E-state index is -0.272. The van der Waals surface area contributed by atoms with Crippen molar-refractivity contribution in [2.45, 2.75) is 45.4 Å². The number of amides is 3. The van der Waals surface area contributed by atoms with Gasteiger partial charge in [-0.3, -0.25) is 14.4 Å². The molecule has 0 unspecified atom stereocenters. The third-order valence-electron chi connectivity index (χ3n) is 5.65. The maximum absolute atomic E-state index is 12.5. The van der Waals surface area contributed by atoms with Gasteiger partial charge in [0.2, 0.25) is 5.91 Å². The first-order valence-corrected chi connectivity index (χ1v) is 11.3. The first-order valence-electron chi connectivity index (χ1n) is 11.3. The highest BCUT2D eigenvalue weighted by molar-refractivity contribution is 5.95. The van der Waals surface area contributed by atoms with Gasteiger partial charge in [0.1, 0.15) is 0 Å². The lowest BCUT2D eigenvalue weighted by molar-refractivity contribution is -0.134. The van der Waals surface area contributed by atoms with E-state index in [2.05, 4.69) is 5.32 Å². The highest BCUT2D eigenvalue weighted by Gasteiger charge is 2.19. The van der Waals surface area contributed by atoms with Crippen LogP contribution in [-0.2, 0) is 9.59 Å². The topological polar surface area (TPSA) is 88.2 Å². The van der Waals surface area contributed by atoms with E-state index in [0.29, 0.717) is 36.6 Å². The average molecular weight is 432 g/mol. The van der Waals surface area contributed by atoms with Crippen molar-refractivity contribution in [2.75, 3.05) is 45.9 Å². The quantitative estimate of drug-likeness (QED) is 0.648. The summed E-state index contributed by atoms with van der Waals surface area (Å²) in [4.78, 5) is 40.6. The zero-order chi connectivity index (χ0) is 22.1. The number of likely N-dealkylation sites (tertiary alicyclic amines) is 2. The van der Waals surface area contributed by atoms with E-state index in [1.54, 1.807) is 18.2 Å². The Bertz CT molecular complexity index is 770. The first kappa shape index (κ1) is 22.9. The second-order valence-electron chi connectivity index (χ2n) is 7.92. The van der Waals surface area contributed by atoms with Crippen LogP contribution in [0.25, 0.3) is 0 Å². The monoisotopic (exact) mass is 431 g/mol. The molecule has 0 aromatic heterocycles. The Morgan fingerprint density at radius 3 is 2.19 bits per heavy atom. The Hall–Kier alpha value is -2.77. The molecule has 170 valence electrons. The van der Waals surface area contributed by atoms with Gasteiger partial charge in [0.25, 0.3) is 11.8 Å². The van der Waals surface area contributed by atoms with Gasteiger partial charge in [-0.15, -0.1) is 0 Å². The van der Waals surface area contributed by atoms with Crippen molar-refractivity contribution in [1.82, 2.24) is 15.1 Å². The van der Waals surface area contributed by atoms with Crippen LogP contribution in [0.1, 0.15) is 55.8 Å². The minimum Gasteiger partial charge on any atom is -0.490 e. The predicted octanol–water partition coefficient (Wildman–Crippen LogP) is 2.22. The molecule has 2 aliphatic heterocycles. The highest BCUT2D eigenvalue weighted by Crippen LogP contribution is 2.28. The highest BCUT2D eigenvalue weighted by atomic mass is 16.5. The molecule has 2 heterocycles. The number of carbonyl (C=O) groups excluding carboxylic acids is 3. The number of ether oxygens (including phenoxy) is 2. The van der Waals surface area contributed by atoms with E-state index >= 15 is 0 Å². The van der Waals surface area contributed by atoms with Crippen molar-refractivity contribution in [3.05, 3.63) is 23.8 Å². The molecule has 2 aliphatic rings. The van der Waals surface area contributed by atoms with Crippen molar-refractivity contribution >= 4 is 17.7 Å². The molecule has 1 aromatic carbocycles. The van der Waals surface area contributed by atoms with E-state index in [4.69, 9.17) is 9.47 Å². The van der Waals surface area contributed by atoms with E-state index in [0.717, 1.165) is 58.3 Å². The molecular weight excluding hydrogens is 398 g/mol. The second kappa shape index (κ2) is 11.6. The summed E-state index contributed by atoms with van der Waals surface area (Å²) < 4.78 is 11.3. The average Bonchev–Trinajstić information content (AvgIpc) is 3.34. The number of piperidine rings is 1. The zero-order valence-corrected chi connectivity index (χ0v) is 18.4. The van der Waals surface area contributed by atoms with Crippen molar-refractivity contribution in [2.24, 2.45) is 0 Å². The number of benzene rings is 1. The molecule has 3 rings (SSSR count). The SMILES string of the molecule is CCOc1cc(C(=O)NCCC(=O)N2CCCC2)ccc1OCC(=O)N1CCCCC1. The number of rotatable bonds is 9. The van der Waals surface area contributed by atoms with Crippen LogP contribution < -0.4 is 14.8 Å². The van der Waals surface area contributed by atoms with Gasteiger partial charge in [0.15, 0.2) is 18.1 Å². The van der Waals surface area contributed by atoms with Crippen LogP contribution in [0.5, 0.6) is 11.5 Å². The number of nitrogens with one attached hydrogen (secondary N) is 1. The number of nitrogens with zero attached hydrogens (tertiary/aromatic N) is 2. The number of hydrogen-bond acceptors (Lipinski definition) is 5. The third-order valence-corrected chi connectivity index (χ3v) is 5.65. The lowest BCUT2D eigenvalue weighted by Crippen LogP contribution is -2.38. The summed E-state index contributed by atoms with van der Waals surface area (Å²) in [6.45, 7) is 5.67. The molecule has 0 aliphatic carbocycles. The summed E-state index contributed by atoms with van der Waals surface area (Å²) in [6.07, 6.45) is 5.62. The van der Waals surface area contributed by atoms with Crippen LogP contribution in [0.3, 0.4) is 0 Å². The van der Waals surface area contributed by atoms with Crippen LogP contribution in [0.15, 0.2) is 18.2 Å². The van der Waals surface area contributed by atoms with Crippen molar-refractivity contribution in [3.63, 3.8) is 0 Å². The van der Waals surface area contributed by atoms with Gasteiger partial charge in [0.05, 0.1) is 6.61 Å². The molecule has 1 N–H and O–H groups in total. The van der Waals surface area contributed by atoms with E-state index in [-0.39, 0.29) is 24.3 Å². The van der Waals surface area contributed by atoms with E-state index in [9.17, 15) is 14.4 Å². The summed E-state index contributed by atoms with van der Waals surface area (Å²) in [5.74, 6) is 0.635. The van der Waals surface area contributed by atoms with Crippen LogP contribution in [0.2, 0.25) is 0 Å². The number of carbonyl (C=O) groups is 3. The van der Waals surface area contributed by atoms with Gasteiger partial charge in [-0.05, 0) is 57.2 Å². The Balaban J connectivity index is 1.52. The van der Waals surface area contributed by atoms with Crippen molar-refractivity contribution in [1.29, 1.82) is 0 Å². The molecule has 2 saturated heterocycles. The van der Waals surface area contributed by atoms with Gasteiger partial charge < -0.3 is 24.6 Å². The molecule has 0 radical (unpaired) electrons. The largest absolute Gasteiger partial charge is 0.490 e. The Kier molecular flexibility index (Phi) is 8.55. The lowest BCUT2D eigenvalue weighted by Gasteiger charge is -2.26. The number of hydrogen-bond donors (Lipinski definition) is 1. The molecule has 0 bridgehead atoms. The summed E-state index contributed by atoms with van der Waals surface area (Å²) >= 11 is 0. The fraction of sp³-hybridized carbons (Fsp3) is 0.609. The zero-order valence-electron chi connectivity index (χ0n) is 18.4. The molecule has 31 heavy (non-hydrogen) atoms. The second-order valence-corrected chi connectivity index (χ2v) is 7.92. The molecule has 3 amide bonds. The van der Waals surface area contributed by atoms with Crippen LogP contribution in [-0.4, -0.2) is 73.5 Å². The normalized spacial score (nSPS) is 16.2. The van der Waals surface area contributed by atoms with E-state index < -0.39 is 0 Å². The first-order chi connectivity index (χ1) is 15.1. The minimum absolute atomic E-state index is 0.0355. The summed E-state index contributed by atoms with van der Waals surface area (Å²) in [7, 11) is 0. The summed E-state index contributed by atoms with van der Waals surface area (Å²) in [5, 5.41) is 2.79. The Morgan fingerprint density at radius 1 is 0.871 bits per heavy atom. The fourth-order valence-electron chi connectivity index (χ4n) is 3.92. The van der Waals surface area contributed by atoms with E-state index in [1.165, 1.54) is 0 Å². The third kappa shape index (κ3) is 6.60. The predicted molar refractivity (Wildman–Crippen MR) is 116 cm³/mol. The van der Waals surface area contributed by atoms with Gasteiger partial charge in [-0.1, -0.05) is 0 Å². The Morgan fingerprint density at radius 2 is 1.52 bits per heavy atom. The van der Waals surface area contributed by atoms with Crippen LogP contribution in [0.4, 0.5) is 0 Å². The molecular formula is C23H33N3O5. The van der Waals surface area contributed by atoms with Gasteiger partial charge >= 0.3 is 0 Å². The smallest absolute Gasteiger partial charge is 0.260 e. The van der Waals surface area contributed by atoms with Gasteiger partial charge in [0, 0.05) is 44.7 Å². The van der Waals surface area contributed by atoms with Gasteiger partial charge in [-0.2, -0.15) is 0 Å². The summed E-state index contributed by atoms with van der Waals surface area (Å²) in [5.41, 5.74) is 0.423.